The summed E-state index contributed by atoms with van der Waals surface area (Å²) in [5.74, 6) is -1.73. The molecule has 15 nitrogen and oxygen atoms in total. The quantitative estimate of drug-likeness (QED) is 0.129. The number of carbonyl (C=O) groups is 4. The van der Waals surface area contributed by atoms with Gasteiger partial charge in [-0.2, -0.15) is 10.4 Å². The molecule has 2 aromatic heterocycles. The zero-order chi connectivity index (χ0) is 35.9. The van der Waals surface area contributed by atoms with Crippen molar-refractivity contribution in [1.29, 1.82) is 5.26 Å². The van der Waals surface area contributed by atoms with Crippen molar-refractivity contribution >= 4 is 43.7 Å². The van der Waals surface area contributed by atoms with Gasteiger partial charge in [-0.3, -0.25) is 19.7 Å². The Balaban J connectivity index is 1.71. The molecule has 5 atom stereocenters. The molecule has 268 valence electrons. The number of nitrogens with zero attached hydrogens (tertiary/aromatic N) is 4. The fourth-order valence-corrected chi connectivity index (χ4v) is 7.00. The van der Waals surface area contributed by atoms with Crippen molar-refractivity contribution in [2.75, 3.05) is 18.7 Å². The van der Waals surface area contributed by atoms with Crippen LogP contribution in [-0.2, 0) is 48.1 Å². The maximum Gasteiger partial charge on any atom is 0.415 e. The normalized spacial score (nSPS) is 23.4. The van der Waals surface area contributed by atoms with Crippen LogP contribution in [-0.4, -0.2) is 78.6 Å². The third kappa shape index (κ3) is 9.34. The van der Waals surface area contributed by atoms with Gasteiger partial charge in [-0.15, -0.1) is 0 Å². The molecule has 1 aliphatic heterocycles. The molecular weight excluding hydrogens is 654 g/mol. The van der Waals surface area contributed by atoms with Crippen LogP contribution in [0.4, 0.5) is 10.6 Å². The van der Waals surface area contributed by atoms with E-state index in [1.165, 1.54) is 17.8 Å². The first-order valence-corrected chi connectivity index (χ1v) is 20.1. The largest absolute Gasteiger partial charge is 0.463 e. The summed E-state index contributed by atoms with van der Waals surface area (Å²) in [4.78, 5) is 54.0. The van der Waals surface area contributed by atoms with Crippen molar-refractivity contribution < 1.29 is 47.3 Å². The van der Waals surface area contributed by atoms with E-state index in [4.69, 9.17) is 23.4 Å². The Labute approximate surface area is 287 Å². The van der Waals surface area contributed by atoms with Crippen LogP contribution in [0.15, 0.2) is 18.5 Å². The minimum Gasteiger partial charge on any atom is -0.463 e. The van der Waals surface area contributed by atoms with Crippen LogP contribution >= 0.6 is 0 Å². The monoisotopic (exact) mass is 701 g/mol. The lowest BCUT2D eigenvalue weighted by Gasteiger charge is -2.34. The number of fused-ring (bicyclic) bond motifs is 1. The summed E-state index contributed by atoms with van der Waals surface area (Å²) in [7, 11) is -2.49. The van der Waals surface area contributed by atoms with Gasteiger partial charge in [-0.1, -0.05) is 40.0 Å². The van der Waals surface area contributed by atoms with Crippen molar-refractivity contribution in [3.8, 4) is 6.07 Å². The van der Waals surface area contributed by atoms with Crippen molar-refractivity contribution in [3.05, 3.63) is 24.2 Å². The number of esters is 3. The van der Waals surface area contributed by atoms with Crippen molar-refractivity contribution in [3.63, 3.8) is 0 Å². The minimum atomic E-state index is -2.49. The minimum absolute atomic E-state index is 0.0309. The summed E-state index contributed by atoms with van der Waals surface area (Å²) in [5, 5.41) is 17.8. The van der Waals surface area contributed by atoms with Crippen LogP contribution in [0.25, 0.3) is 5.52 Å². The van der Waals surface area contributed by atoms with Gasteiger partial charge in [0.1, 0.15) is 36.7 Å². The van der Waals surface area contributed by atoms with E-state index in [0.717, 1.165) is 32.1 Å². The molecule has 1 saturated carbocycles. The van der Waals surface area contributed by atoms with E-state index < -0.39 is 63.0 Å². The van der Waals surface area contributed by atoms with Crippen LogP contribution in [0, 0.1) is 29.1 Å². The average Bonchev–Trinajstić information content (AvgIpc) is 3.59. The Morgan fingerprint density at radius 3 is 2.45 bits per heavy atom. The number of amides is 1. The number of anilines is 1. The van der Waals surface area contributed by atoms with Gasteiger partial charge in [0.2, 0.25) is 12.4 Å². The molecule has 49 heavy (non-hydrogen) atoms. The molecule has 4 rings (SSSR count). The fraction of sp³-hybridized carbons (Fsp3) is 0.667. The smallest absolute Gasteiger partial charge is 0.415 e. The van der Waals surface area contributed by atoms with E-state index in [1.807, 2.05) is 33.5 Å². The molecule has 0 bridgehead atoms. The molecule has 1 amide bonds. The molecule has 1 aliphatic carbocycles. The predicted molar refractivity (Wildman–Crippen MR) is 176 cm³/mol. The van der Waals surface area contributed by atoms with Crippen molar-refractivity contribution in [1.82, 2.24) is 14.6 Å². The van der Waals surface area contributed by atoms with E-state index in [0.29, 0.717) is 0 Å². The fourth-order valence-electron chi connectivity index (χ4n) is 5.93. The van der Waals surface area contributed by atoms with E-state index in [2.05, 4.69) is 26.2 Å². The summed E-state index contributed by atoms with van der Waals surface area (Å²) in [6, 6.07) is 5.44. The summed E-state index contributed by atoms with van der Waals surface area (Å²) < 4.78 is 35.9. The average molecular weight is 702 g/mol. The number of nitrogens with one attached hydrogen (secondary N) is 1. The van der Waals surface area contributed by atoms with Gasteiger partial charge in [0.05, 0.1) is 11.6 Å². The maximum atomic E-state index is 13.4. The summed E-state index contributed by atoms with van der Waals surface area (Å²) >= 11 is 0. The highest BCUT2D eigenvalue weighted by Gasteiger charge is 2.62. The van der Waals surface area contributed by atoms with Crippen molar-refractivity contribution in [2.45, 2.75) is 110 Å². The second-order valence-corrected chi connectivity index (χ2v) is 18.4. The second kappa shape index (κ2) is 16.1. The number of carbonyl (C=O) groups excluding carboxylic acids is 4. The van der Waals surface area contributed by atoms with E-state index in [-0.39, 0.29) is 47.9 Å². The molecule has 1 N–H and O–H groups in total. The van der Waals surface area contributed by atoms with Crippen LogP contribution < -0.4 is 5.32 Å². The third-order valence-electron chi connectivity index (χ3n) is 8.77. The number of hydrogen-bond donors (Lipinski definition) is 1. The zero-order valence-electron chi connectivity index (χ0n) is 29.2. The summed E-state index contributed by atoms with van der Waals surface area (Å²) in [5.41, 5.74) is -1.42. The van der Waals surface area contributed by atoms with E-state index in [1.54, 1.807) is 19.1 Å². The SMILES string of the molecule is CC(=O)OCOC(=O)Nc1ncnn2c([C@]3(C#N)O[C@H](COC(=O)CC4CCCCC4)[C@@H](OC(=O)[C@@H](C)C(C)C)[C@H]3O[Si](C)(C)C)ccc12. The first-order chi connectivity index (χ1) is 23.1. The number of nitriles is 1. The summed E-state index contributed by atoms with van der Waals surface area (Å²) in [6.45, 7) is 11.7. The Morgan fingerprint density at radius 1 is 1.10 bits per heavy atom. The number of hydrogen-bond acceptors (Lipinski definition) is 13. The number of ether oxygens (including phenoxy) is 5. The molecule has 2 aromatic rings. The lowest BCUT2D eigenvalue weighted by atomic mass is 9.87. The van der Waals surface area contributed by atoms with Gasteiger partial charge in [0.15, 0.2) is 20.2 Å². The molecule has 3 heterocycles. The van der Waals surface area contributed by atoms with E-state index in [9.17, 15) is 24.4 Å². The summed E-state index contributed by atoms with van der Waals surface area (Å²) in [6.07, 6.45) is 2.43. The molecule has 0 spiro atoms. The van der Waals surface area contributed by atoms with Gasteiger partial charge in [-0.05, 0) is 56.5 Å². The van der Waals surface area contributed by atoms with Crippen LogP contribution in [0.1, 0.15) is 71.9 Å². The number of rotatable bonds is 13. The van der Waals surface area contributed by atoms with E-state index >= 15 is 0 Å². The van der Waals surface area contributed by atoms with Crippen molar-refractivity contribution in [2.24, 2.45) is 17.8 Å². The predicted octanol–water partition coefficient (Wildman–Crippen LogP) is 4.85. The van der Waals surface area contributed by atoms with Crippen LogP contribution in [0.2, 0.25) is 19.6 Å². The molecule has 0 aromatic carbocycles. The second-order valence-electron chi connectivity index (χ2n) is 13.9. The topological polar surface area (TPSA) is 190 Å². The highest BCUT2D eigenvalue weighted by atomic mass is 28.4. The van der Waals surface area contributed by atoms with Gasteiger partial charge in [-0.25, -0.2) is 14.3 Å². The molecule has 0 unspecified atom stereocenters. The van der Waals surface area contributed by atoms with Crippen LogP contribution in [0.5, 0.6) is 0 Å². The molecule has 0 radical (unpaired) electrons. The van der Waals surface area contributed by atoms with Gasteiger partial charge < -0.3 is 28.1 Å². The van der Waals surface area contributed by atoms with Gasteiger partial charge in [0, 0.05) is 13.3 Å². The van der Waals surface area contributed by atoms with Gasteiger partial charge >= 0.3 is 24.0 Å². The highest BCUT2D eigenvalue weighted by Crippen LogP contribution is 2.45. The van der Waals surface area contributed by atoms with Crippen LogP contribution in [0.3, 0.4) is 0 Å². The standard InChI is InChI=1S/C33H47N5O10Si/c1-20(2)21(3)31(41)46-28-25(16-43-27(40)15-23-11-9-8-10-12-23)47-33(17-34,29(28)48-49(5,6)7)26-14-13-24-30(35-18-36-38(24)26)37-32(42)45-19-44-22(4)39/h13-14,18,20-21,23,25,28-29H,8-12,15-16,19H2,1-7H3,(H,35,36,37,42)/t21-,25+,28+,29+,33-/m0/s1. The zero-order valence-corrected chi connectivity index (χ0v) is 30.2. The Hall–Kier alpha value is -4.07. The highest BCUT2D eigenvalue weighted by molar-refractivity contribution is 6.69. The first kappa shape index (κ1) is 37.7. The molecule has 1 saturated heterocycles. The molecular formula is C33H47N5O10Si. The molecule has 2 fully saturated rings. The number of aromatic nitrogens is 3. The maximum absolute atomic E-state index is 13.4. The molecule has 16 heteroatoms. The third-order valence-corrected chi connectivity index (χ3v) is 9.73. The molecule has 2 aliphatic rings. The Kier molecular flexibility index (Phi) is 12.4. The first-order valence-electron chi connectivity index (χ1n) is 16.7. The Morgan fingerprint density at radius 2 is 1.82 bits per heavy atom. The Bertz CT molecular complexity index is 1550. The lowest BCUT2D eigenvalue weighted by Crippen LogP contribution is -2.50. The lowest BCUT2D eigenvalue weighted by molar-refractivity contribution is -0.164. The van der Waals surface area contributed by atoms with Gasteiger partial charge in [0.25, 0.3) is 0 Å².